The van der Waals surface area contributed by atoms with Gasteiger partial charge in [-0.05, 0) is 31.0 Å². The molecule has 0 unspecified atom stereocenters. The SMILES string of the molecule is Cc1ccc(-n2[nH]c(C(=O)N[C@@H]3C[C@]3(C)c3ccccc3)cc2=O)cc1. The molecule has 1 aliphatic carbocycles. The quantitative estimate of drug-likeness (QED) is 0.762. The van der Waals surface area contributed by atoms with Crippen LogP contribution in [0.3, 0.4) is 0 Å². The third kappa shape index (κ3) is 2.86. The molecule has 2 N–H and O–H groups in total. The van der Waals surface area contributed by atoms with Crippen LogP contribution >= 0.6 is 0 Å². The maximum atomic E-state index is 12.6. The summed E-state index contributed by atoms with van der Waals surface area (Å²) in [5, 5.41) is 5.95. The molecule has 5 heteroatoms. The van der Waals surface area contributed by atoms with Gasteiger partial charge in [0.05, 0.1) is 5.69 Å². The first-order valence-corrected chi connectivity index (χ1v) is 8.73. The largest absolute Gasteiger partial charge is 0.347 e. The van der Waals surface area contributed by atoms with Crippen LogP contribution in [0.2, 0.25) is 0 Å². The number of rotatable bonds is 4. The van der Waals surface area contributed by atoms with Gasteiger partial charge in [-0.2, -0.15) is 0 Å². The van der Waals surface area contributed by atoms with E-state index < -0.39 is 0 Å². The van der Waals surface area contributed by atoms with Crippen molar-refractivity contribution in [2.45, 2.75) is 31.7 Å². The molecule has 1 aromatic heterocycles. The fourth-order valence-electron chi connectivity index (χ4n) is 3.35. The van der Waals surface area contributed by atoms with Gasteiger partial charge in [-0.25, -0.2) is 4.68 Å². The first kappa shape index (κ1) is 16.4. The highest BCUT2D eigenvalue weighted by atomic mass is 16.2. The van der Waals surface area contributed by atoms with Crippen LogP contribution < -0.4 is 10.9 Å². The second-order valence-electron chi connectivity index (χ2n) is 7.19. The first-order valence-electron chi connectivity index (χ1n) is 8.73. The van der Waals surface area contributed by atoms with Crippen molar-refractivity contribution >= 4 is 5.91 Å². The molecule has 0 saturated heterocycles. The maximum Gasteiger partial charge on any atom is 0.271 e. The van der Waals surface area contributed by atoms with Gasteiger partial charge in [0.1, 0.15) is 5.69 Å². The van der Waals surface area contributed by atoms with E-state index in [4.69, 9.17) is 0 Å². The number of carbonyl (C=O) groups excluding carboxylic acids is 1. The van der Waals surface area contributed by atoms with Crippen LogP contribution in [0, 0.1) is 6.92 Å². The second kappa shape index (κ2) is 6.02. The van der Waals surface area contributed by atoms with Crippen LogP contribution in [0.25, 0.3) is 5.69 Å². The highest BCUT2D eigenvalue weighted by molar-refractivity contribution is 5.92. The van der Waals surface area contributed by atoms with Gasteiger partial charge in [-0.3, -0.25) is 14.7 Å². The van der Waals surface area contributed by atoms with Crippen LogP contribution in [0.4, 0.5) is 0 Å². The van der Waals surface area contributed by atoms with E-state index in [1.54, 1.807) is 0 Å². The van der Waals surface area contributed by atoms with E-state index in [0.717, 1.165) is 12.0 Å². The van der Waals surface area contributed by atoms with Gasteiger partial charge in [0.2, 0.25) is 0 Å². The number of carbonyl (C=O) groups is 1. The average molecular weight is 347 g/mol. The lowest BCUT2D eigenvalue weighted by Crippen LogP contribution is -2.30. The normalized spacial score (nSPS) is 21.4. The summed E-state index contributed by atoms with van der Waals surface area (Å²) in [6.45, 7) is 4.13. The molecule has 2 atom stereocenters. The molecule has 1 saturated carbocycles. The summed E-state index contributed by atoms with van der Waals surface area (Å²) >= 11 is 0. The summed E-state index contributed by atoms with van der Waals surface area (Å²) < 4.78 is 1.39. The molecule has 1 amide bonds. The topological polar surface area (TPSA) is 66.9 Å². The zero-order valence-corrected chi connectivity index (χ0v) is 14.8. The molecule has 4 rings (SSSR count). The average Bonchev–Trinajstić information content (AvgIpc) is 3.13. The fourth-order valence-corrected chi connectivity index (χ4v) is 3.35. The number of aryl methyl sites for hydroxylation is 1. The second-order valence-corrected chi connectivity index (χ2v) is 7.19. The van der Waals surface area contributed by atoms with E-state index in [1.807, 2.05) is 49.4 Å². The summed E-state index contributed by atoms with van der Waals surface area (Å²) in [5.74, 6) is -0.252. The standard InChI is InChI=1S/C21H21N3O2/c1-14-8-10-16(11-9-14)24-19(25)12-17(23-24)20(26)22-18-13-21(18,2)15-6-4-3-5-7-15/h3-12,18,23H,13H2,1-2H3,(H,22,26)/t18-,21-/m1/s1. The first-order chi connectivity index (χ1) is 12.5. The zero-order chi connectivity index (χ0) is 18.3. The molecule has 0 bridgehead atoms. The number of benzene rings is 2. The lowest BCUT2D eigenvalue weighted by atomic mass is 9.97. The van der Waals surface area contributed by atoms with Crippen LogP contribution in [0.15, 0.2) is 65.5 Å². The van der Waals surface area contributed by atoms with Crippen LogP contribution in [-0.4, -0.2) is 21.7 Å². The minimum absolute atomic E-state index is 0.0449. The van der Waals surface area contributed by atoms with Gasteiger partial charge < -0.3 is 5.32 Å². The fraction of sp³-hybridized carbons (Fsp3) is 0.238. The van der Waals surface area contributed by atoms with Gasteiger partial charge in [-0.15, -0.1) is 0 Å². The molecular formula is C21H21N3O2. The summed E-state index contributed by atoms with van der Waals surface area (Å²) in [5.41, 5.74) is 3.02. The Balaban J connectivity index is 1.51. The summed E-state index contributed by atoms with van der Waals surface area (Å²) in [4.78, 5) is 24.8. The number of H-pyrrole nitrogens is 1. The Morgan fingerprint density at radius 3 is 2.54 bits per heavy atom. The summed E-state index contributed by atoms with van der Waals surface area (Å²) in [7, 11) is 0. The Labute approximate surface area is 151 Å². The van der Waals surface area contributed by atoms with Gasteiger partial charge in [0, 0.05) is 17.5 Å². The van der Waals surface area contributed by atoms with Gasteiger partial charge in [-0.1, -0.05) is 55.0 Å². The van der Waals surface area contributed by atoms with E-state index in [0.29, 0.717) is 5.69 Å². The number of nitrogens with zero attached hydrogens (tertiary/aromatic N) is 1. The van der Waals surface area contributed by atoms with Crippen molar-refractivity contribution in [3.05, 3.63) is 87.8 Å². The number of amides is 1. The Kier molecular flexibility index (Phi) is 3.80. The summed E-state index contributed by atoms with van der Waals surface area (Å²) in [6.07, 6.45) is 0.895. The predicted molar refractivity (Wildman–Crippen MR) is 101 cm³/mol. The third-order valence-electron chi connectivity index (χ3n) is 5.23. The highest BCUT2D eigenvalue weighted by Crippen LogP contribution is 2.47. The molecule has 132 valence electrons. The predicted octanol–water partition coefficient (Wildman–Crippen LogP) is 2.93. The molecule has 1 fully saturated rings. The molecule has 0 aliphatic heterocycles. The Morgan fingerprint density at radius 2 is 1.85 bits per heavy atom. The number of hydrogen-bond donors (Lipinski definition) is 2. The maximum absolute atomic E-state index is 12.6. The summed E-state index contributed by atoms with van der Waals surface area (Å²) in [6, 6.07) is 19.2. The van der Waals surface area contributed by atoms with E-state index in [9.17, 15) is 9.59 Å². The molecule has 1 aliphatic rings. The highest BCUT2D eigenvalue weighted by Gasteiger charge is 2.52. The minimum Gasteiger partial charge on any atom is -0.347 e. The molecule has 0 radical (unpaired) electrons. The van der Waals surface area contributed by atoms with Gasteiger partial charge >= 0.3 is 0 Å². The monoisotopic (exact) mass is 347 g/mol. The number of hydrogen-bond acceptors (Lipinski definition) is 2. The molecule has 1 heterocycles. The minimum atomic E-state index is -0.252. The zero-order valence-electron chi connectivity index (χ0n) is 14.8. The van der Waals surface area contributed by atoms with E-state index in [-0.39, 0.29) is 28.6 Å². The number of aromatic amines is 1. The Bertz CT molecular complexity index is 1000. The van der Waals surface area contributed by atoms with Crippen molar-refractivity contribution in [2.24, 2.45) is 0 Å². The van der Waals surface area contributed by atoms with E-state index in [2.05, 4.69) is 29.5 Å². The Hall–Kier alpha value is -3.08. The smallest absolute Gasteiger partial charge is 0.271 e. The van der Waals surface area contributed by atoms with Crippen molar-refractivity contribution in [1.82, 2.24) is 15.1 Å². The number of nitrogens with one attached hydrogen (secondary N) is 2. The van der Waals surface area contributed by atoms with Gasteiger partial charge in [0.15, 0.2) is 0 Å². The molecule has 5 nitrogen and oxygen atoms in total. The lowest BCUT2D eigenvalue weighted by molar-refractivity contribution is 0.0943. The molecule has 3 aromatic rings. The van der Waals surface area contributed by atoms with Crippen molar-refractivity contribution in [3.63, 3.8) is 0 Å². The van der Waals surface area contributed by atoms with E-state index in [1.165, 1.54) is 16.3 Å². The van der Waals surface area contributed by atoms with Gasteiger partial charge in [0.25, 0.3) is 11.5 Å². The van der Waals surface area contributed by atoms with Crippen molar-refractivity contribution in [2.75, 3.05) is 0 Å². The van der Waals surface area contributed by atoms with Crippen LogP contribution in [-0.2, 0) is 5.41 Å². The number of aromatic nitrogens is 2. The third-order valence-corrected chi connectivity index (χ3v) is 5.23. The molecule has 2 aromatic carbocycles. The lowest BCUT2D eigenvalue weighted by Gasteiger charge is -2.12. The van der Waals surface area contributed by atoms with Crippen LogP contribution in [0.1, 0.15) is 35.0 Å². The van der Waals surface area contributed by atoms with E-state index >= 15 is 0 Å². The van der Waals surface area contributed by atoms with Crippen LogP contribution in [0.5, 0.6) is 0 Å². The molecule has 26 heavy (non-hydrogen) atoms. The molecule has 0 spiro atoms. The molecular weight excluding hydrogens is 326 g/mol. The Morgan fingerprint density at radius 1 is 1.15 bits per heavy atom. The van der Waals surface area contributed by atoms with Crippen molar-refractivity contribution < 1.29 is 4.79 Å². The van der Waals surface area contributed by atoms with Crippen molar-refractivity contribution in [3.8, 4) is 5.69 Å². The van der Waals surface area contributed by atoms with Crippen molar-refractivity contribution in [1.29, 1.82) is 0 Å².